The number of hydrogen-bond acceptors (Lipinski definition) is 5. The van der Waals surface area contributed by atoms with Crippen molar-refractivity contribution in [1.29, 1.82) is 0 Å². The van der Waals surface area contributed by atoms with Crippen LogP contribution in [0.5, 0.6) is 0 Å². The molecule has 264 valence electrons. The summed E-state index contributed by atoms with van der Waals surface area (Å²) in [5.74, 6) is -0.0402. The standard InChI is InChI=1S/C37H52Cl4N6O/c38-31-3-1-5-33(35(31)40)46-23-19-44(20-24-46)17-15-27-7-11-29(12-8-27)42-37(48)43-30-13-9-28(10-14-30)16-18-45-21-25-47(26-22-45)34-6-2-4-32(39)36(34)41/h1-6,27-30H,7-26H2,(H2,42,43,48)/i19D2,20D2,21D2,22D2,23D2,24D2,25D2,26D2. The molecule has 2 aromatic carbocycles. The minimum atomic E-state index is -3.08. The number of nitrogens with one attached hydrogen (secondary N) is 2. The second-order valence-electron chi connectivity index (χ2n) is 12.6. The molecule has 2 heterocycles. The van der Waals surface area contributed by atoms with Crippen molar-refractivity contribution in [2.45, 2.75) is 76.3 Å². The van der Waals surface area contributed by atoms with Gasteiger partial charge in [-0.15, -0.1) is 0 Å². The molecule has 0 spiro atoms. The molecule has 7 nitrogen and oxygen atoms in total. The molecule has 2 aliphatic heterocycles. The molecule has 2 aromatic rings. The molecule has 2 aliphatic carbocycles. The van der Waals surface area contributed by atoms with Crippen LogP contribution in [-0.4, -0.2) is 93.0 Å². The Morgan fingerprint density at radius 1 is 0.604 bits per heavy atom. The summed E-state index contributed by atoms with van der Waals surface area (Å²) in [6, 6.07) is 7.45. The highest BCUT2D eigenvalue weighted by atomic mass is 35.5. The van der Waals surface area contributed by atoms with Crippen molar-refractivity contribution in [1.82, 2.24) is 20.4 Å². The second kappa shape index (κ2) is 17.5. The van der Waals surface area contributed by atoms with Crippen LogP contribution in [0.25, 0.3) is 0 Å². The molecule has 0 unspecified atom stereocenters. The topological polar surface area (TPSA) is 54.1 Å². The van der Waals surface area contributed by atoms with Gasteiger partial charge in [0.25, 0.3) is 0 Å². The van der Waals surface area contributed by atoms with E-state index in [1.165, 1.54) is 36.4 Å². The lowest BCUT2D eigenvalue weighted by atomic mass is 9.83. The van der Waals surface area contributed by atoms with Crippen LogP contribution in [0.15, 0.2) is 36.4 Å². The van der Waals surface area contributed by atoms with Crippen molar-refractivity contribution in [3.05, 3.63) is 56.5 Å². The van der Waals surface area contributed by atoms with E-state index < -0.39 is 52.0 Å². The van der Waals surface area contributed by atoms with Gasteiger partial charge in [0.1, 0.15) is 0 Å². The van der Waals surface area contributed by atoms with Crippen LogP contribution in [-0.2, 0) is 0 Å². The Bertz CT molecular complexity index is 1840. The number of halogens is 4. The summed E-state index contributed by atoms with van der Waals surface area (Å²) >= 11 is 24.9. The molecular formula is C37H52Cl4N6O. The maximum absolute atomic E-state index is 13.1. The summed E-state index contributed by atoms with van der Waals surface area (Å²) in [6.07, 6.45) is 5.32. The van der Waals surface area contributed by atoms with Gasteiger partial charge in [-0.25, -0.2) is 4.79 Å². The largest absolute Gasteiger partial charge is 0.368 e. The Labute approximate surface area is 330 Å². The van der Waals surface area contributed by atoms with E-state index in [0.29, 0.717) is 71.0 Å². The van der Waals surface area contributed by atoms with Gasteiger partial charge < -0.3 is 20.4 Å². The van der Waals surface area contributed by atoms with Crippen LogP contribution in [0.2, 0.25) is 20.1 Å². The predicted octanol–water partition coefficient (Wildman–Crippen LogP) is 8.44. The van der Waals surface area contributed by atoms with Gasteiger partial charge >= 0.3 is 6.03 Å². The molecule has 0 aromatic heterocycles. The van der Waals surface area contributed by atoms with E-state index in [0.717, 1.165) is 0 Å². The number of piperazine rings is 2. The first-order valence-corrected chi connectivity index (χ1v) is 18.0. The van der Waals surface area contributed by atoms with Crippen molar-refractivity contribution in [2.24, 2.45) is 11.8 Å². The third kappa shape index (κ3) is 9.79. The molecule has 4 fully saturated rings. The highest BCUT2D eigenvalue weighted by Crippen LogP contribution is 2.35. The average molecular weight is 755 g/mol. The number of carbonyl (C=O) groups is 1. The zero-order valence-electron chi connectivity index (χ0n) is 42.5. The monoisotopic (exact) mass is 752 g/mol. The van der Waals surface area contributed by atoms with Gasteiger partial charge in [0, 0.05) is 75.0 Å². The molecule has 48 heavy (non-hydrogen) atoms. The molecular weight excluding hydrogens is 686 g/mol. The van der Waals surface area contributed by atoms with Crippen molar-refractivity contribution >= 4 is 63.8 Å². The van der Waals surface area contributed by atoms with Gasteiger partial charge in [-0.1, -0.05) is 58.5 Å². The van der Waals surface area contributed by atoms with Gasteiger partial charge in [-0.05, 0) is 113 Å². The van der Waals surface area contributed by atoms with Crippen LogP contribution >= 0.6 is 46.4 Å². The van der Waals surface area contributed by atoms with Crippen LogP contribution in [0.3, 0.4) is 0 Å². The lowest BCUT2D eigenvalue weighted by Gasteiger charge is -2.38. The van der Waals surface area contributed by atoms with E-state index in [1.54, 1.807) is 0 Å². The van der Waals surface area contributed by atoms with E-state index >= 15 is 0 Å². The van der Waals surface area contributed by atoms with Crippen molar-refractivity contribution in [2.75, 3.05) is 74.9 Å². The zero-order valence-corrected chi connectivity index (χ0v) is 29.5. The maximum atomic E-state index is 13.1. The quantitative estimate of drug-likeness (QED) is 0.255. The Morgan fingerprint density at radius 3 is 1.35 bits per heavy atom. The first kappa shape index (κ1) is 21.0. The number of nitrogens with zero attached hydrogens (tertiary/aromatic N) is 4. The van der Waals surface area contributed by atoms with Crippen molar-refractivity contribution < 1.29 is 26.7 Å². The molecule has 4 aliphatic rings. The minimum absolute atomic E-state index is 0.0201. The van der Waals surface area contributed by atoms with Crippen molar-refractivity contribution in [3.63, 3.8) is 0 Å². The number of benzene rings is 2. The summed E-state index contributed by atoms with van der Waals surface area (Å²) in [6.45, 7) is -24.9. The number of rotatable bonds is 10. The second-order valence-corrected chi connectivity index (χ2v) is 14.2. The lowest BCUT2D eigenvalue weighted by Crippen LogP contribution is -2.49. The number of urea groups is 1. The first-order valence-electron chi connectivity index (χ1n) is 24.5. The number of carbonyl (C=O) groups excluding carboxylic acids is 1. The predicted molar refractivity (Wildman–Crippen MR) is 203 cm³/mol. The van der Waals surface area contributed by atoms with Crippen molar-refractivity contribution in [3.8, 4) is 0 Å². The fourth-order valence-electron chi connectivity index (χ4n) is 6.57. The summed E-state index contributed by atoms with van der Waals surface area (Å²) in [5, 5.41) is 5.52. The summed E-state index contributed by atoms with van der Waals surface area (Å²) in [4.78, 5) is 15.1. The first-order chi connectivity index (χ1) is 29.4. The zero-order chi connectivity index (χ0) is 47.8. The van der Waals surface area contributed by atoms with E-state index in [4.69, 9.17) is 68.3 Å². The molecule has 0 radical (unpaired) electrons. The highest BCUT2D eigenvalue weighted by Gasteiger charge is 2.28. The average Bonchev–Trinajstić information content (AvgIpc) is 3.18. The Hall–Kier alpha value is -1.61. The fourth-order valence-corrected chi connectivity index (χ4v) is 7.33. The molecule has 11 heteroatoms. The van der Waals surface area contributed by atoms with Gasteiger partial charge in [-0.3, -0.25) is 9.80 Å². The number of amides is 2. The van der Waals surface area contributed by atoms with E-state index in [1.807, 2.05) is 0 Å². The molecule has 6 rings (SSSR count). The lowest BCUT2D eigenvalue weighted by molar-refractivity contribution is 0.196. The Balaban J connectivity index is 0.973. The maximum Gasteiger partial charge on any atom is 0.315 e. The summed E-state index contributed by atoms with van der Waals surface area (Å²) in [7, 11) is 0. The summed E-state index contributed by atoms with van der Waals surface area (Å²) < 4.78 is 141. The van der Waals surface area contributed by atoms with Gasteiger partial charge in [-0.2, -0.15) is 0 Å². The van der Waals surface area contributed by atoms with E-state index in [-0.39, 0.29) is 87.3 Å². The third-order valence-electron chi connectivity index (χ3n) is 9.42. The highest BCUT2D eigenvalue weighted by molar-refractivity contribution is 6.44. The van der Waals surface area contributed by atoms with Crippen LogP contribution in [0, 0.1) is 11.8 Å². The Kier molecular flexibility index (Phi) is 7.69. The normalized spacial score (nSPS) is 39.3. The van der Waals surface area contributed by atoms with E-state index in [9.17, 15) is 4.79 Å². The number of anilines is 2. The summed E-state index contributed by atoms with van der Waals surface area (Å²) in [5.41, 5.74) is -0.560. The molecule has 0 atom stereocenters. The number of hydrogen-bond donors (Lipinski definition) is 2. The Morgan fingerprint density at radius 2 is 0.979 bits per heavy atom. The molecule has 2 saturated carbocycles. The smallest absolute Gasteiger partial charge is 0.315 e. The fraction of sp³-hybridized carbons (Fsp3) is 0.649. The molecule has 2 amide bonds. The van der Waals surface area contributed by atoms with Gasteiger partial charge in [0.05, 0.1) is 42.4 Å². The van der Waals surface area contributed by atoms with Crippen LogP contribution < -0.4 is 20.4 Å². The van der Waals surface area contributed by atoms with E-state index in [2.05, 4.69) is 10.6 Å². The molecule has 2 N–H and O–H groups in total. The minimum Gasteiger partial charge on any atom is -0.368 e. The SMILES string of the molecule is [2H]C1([2H])N(CCC2CCC(NC(=O)NC3CCC(CCN4C([2H])([2H])C([2H])([2H])N(c5cccc(Cl)c5Cl)C([2H])([2H])C4([2H])[2H])CC3)CC2)C([2H])([2H])C([2H])([2H])N(c2cccc(Cl)c2Cl)C1([2H])[2H]. The van der Waals surface area contributed by atoms with Gasteiger partial charge in [0.15, 0.2) is 0 Å². The van der Waals surface area contributed by atoms with Crippen LogP contribution in [0.1, 0.15) is 86.1 Å². The van der Waals surface area contributed by atoms with Crippen LogP contribution in [0.4, 0.5) is 16.2 Å². The van der Waals surface area contributed by atoms with Gasteiger partial charge in [0.2, 0.25) is 0 Å². The molecule has 2 saturated heterocycles. The third-order valence-corrected chi connectivity index (χ3v) is 11.0. The molecule has 0 bridgehead atoms.